The van der Waals surface area contributed by atoms with Gasteiger partial charge in [0.25, 0.3) is 0 Å². The second-order valence-electron chi connectivity index (χ2n) is 4.36. The molecule has 0 saturated carbocycles. The minimum atomic E-state index is -3.51. The molecule has 0 unspecified atom stereocenters. The van der Waals surface area contributed by atoms with Crippen molar-refractivity contribution in [2.45, 2.75) is 31.6 Å². The SMILES string of the molecule is [CH2]OC(=O)c1ccc(S(=O)(=O)N(CCC)CCC)cc1. The molecule has 5 nitrogen and oxygen atoms in total. The fourth-order valence-electron chi connectivity index (χ4n) is 1.85. The Labute approximate surface area is 120 Å². The summed E-state index contributed by atoms with van der Waals surface area (Å²) in [6.07, 6.45) is 1.51. The molecule has 0 fully saturated rings. The van der Waals surface area contributed by atoms with Gasteiger partial charge in [-0.25, -0.2) is 13.2 Å². The number of hydrogen-bond acceptors (Lipinski definition) is 4. The quantitative estimate of drug-likeness (QED) is 0.725. The van der Waals surface area contributed by atoms with Crippen LogP contribution in [0.3, 0.4) is 0 Å². The molecule has 0 heterocycles. The first kappa shape index (κ1) is 16.7. The first-order valence-electron chi connectivity index (χ1n) is 6.53. The van der Waals surface area contributed by atoms with Crippen LogP contribution < -0.4 is 0 Å². The monoisotopic (exact) mass is 298 g/mol. The van der Waals surface area contributed by atoms with E-state index in [1.165, 1.54) is 28.6 Å². The van der Waals surface area contributed by atoms with E-state index in [1.54, 1.807) is 0 Å². The fraction of sp³-hybridized carbons (Fsp3) is 0.429. The van der Waals surface area contributed by atoms with E-state index in [1.807, 2.05) is 13.8 Å². The molecule has 20 heavy (non-hydrogen) atoms. The summed E-state index contributed by atoms with van der Waals surface area (Å²) < 4.78 is 30.7. The molecule has 1 rings (SSSR count). The van der Waals surface area contributed by atoms with Crippen LogP contribution in [-0.4, -0.2) is 31.8 Å². The van der Waals surface area contributed by atoms with Crippen LogP contribution in [-0.2, 0) is 14.8 Å². The molecule has 1 radical (unpaired) electrons. The Morgan fingerprint density at radius 2 is 1.65 bits per heavy atom. The number of carbonyl (C=O) groups excluding carboxylic acids is 1. The first-order valence-corrected chi connectivity index (χ1v) is 7.98. The molecular weight excluding hydrogens is 278 g/mol. The number of sulfonamides is 1. The lowest BCUT2D eigenvalue weighted by molar-refractivity contribution is 0.0654. The summed E-state index contributed by atoms with van der Waals surface area (Å²) in [6, 6.07) is 5.69. The van der Waals surface area contributed by atoms with Crippen molar-refractivity contribution in [1.82, 2.24) is 4.31 Å². The summed E-state index contributed by atoms with van der Waals surface area (Å²) in [5.74, 6) is -0.590. The second kappa shape index (κ2) is 7.40. The molecule has 1 aromatic rings. The normalized spacial score (nSPS) is 11.6. The number of esters is 1. The Balaban J connectivity index is 3.05. The summed E-state index contributed by atoms with van der Waals surface area (Å²) in [5, 5.41) is 0. The summed E-state index contributed by atoms with van der Waals surface area (Å²) >= 11 is 0. The molecule has 0 spiro atoms. The third kappa shape index (κ3) is 3.80. The zero-order valence-electron chi connectivity index (χ0n) is 11.8. The Hall–Kier alpha value is -1.40. The van der Waals surface area contributed by atoms with Gasteiger partial charge in [-0.15, -0.1) is 0 Å². The van der Waals surface area contributed by atoms with Gasteiger partial charge in [0, 0.05) is 13.1 Å². The minimum Gasteiger partial charge on any atom is -0.458 e. The Bertz CT molecular complexity index is 531. The highest BCUT2D eigenvalue weighted by Gasteiger charge is 2.23. The van der Waals surface area contributed by atoms with E-state index in [4.69, 9.17) is 0 Å². The van der Waals surface area contributed by atoms with E-state index in [9.17, 15) is 13.2 Å². The van der Waals surface area contributed by atoms with Gasteiger partial charge in [-0.2, -0.15) is 4.31 Å². The van der Waals surface area contributed by atoms with Crippen molar-refractivity contribution < 1.29 is 17.9 Å². The zero-order valence-corrected chi connectivity index (χ0v) is 12.6. The van der Waals surface area contributed by atoms with Crippen LogP contribution >= 0.6 is 0 Å². The molecule has 0 bridgehead atoms. The van der Waals surface area contributed by atoms with Gasteiger partial charge in [0.2, 0.25) is 10.0 Å². The Morgan fingerprint density at radius 3 is 2.05 bits per heavy atom. The van der Waals surface area contributed by atoms with E-state index in [0.29, 0.717) is 13.1 Å². The maximum atomic E-state index is 12.5. The Kier molecular flexibility index (Phi) is 6.16. The molecule has 111 valence electrons. The third-order valence-electron chi connectivity index (χ3n) is 2.80. The van der Waals surface area contributed by atoms with Gasteiger partial charge in [0.15, 0.2) is 0 Å². The van der Waals surface area contributed by atoms with Crippen molar-refractivity contribution in [3.8, 4) is 0 Å². The number of ether oxygens (including phenoxy) is 1. The van der Waals surface area contributed by atoms with Crippen LogP contribution in [0.4, 0.5) is 0 Å². The minimum absolute atomic E-state index is 0.181. The van der Waals surface area contributed by atoms with Crippen molar-refractivity contribution in [2.24, 2.45) is 0 Å². The molecule has 0 saturated heterocycles. The summed E-state index contributed by atoms with van der Waals surface area (Å²) in [4.78, 5) is 11.4. The van der Waals surface area contributed by atoms with E-state index in [0.717, 1.165) is 12.8 Å². The van der Waals surface area contributed by atoms with Crippen LogP contribution in [0.2, 0.25) is 0 Å². The lowest BCUT2D eigenvalue weighted by Gasteiger charge is -2.21. The first-order chi connectivity index (χ1) is 9.47. The molecule has 0 N–H and O–H groups in total. The Morgan fingerprint density at radius 1 is 1.15 bits per heavy atom. The lowest BCUT2D eigenvalue weighted by atomic mass is 10.2. The zero-order chi connectivity index (χ0) is 15.2. The lowest BCUT2D eigenvalue weighted by Crippen LogP contribution is -2.32. The van der Waals surface area contributed by atoms with Crippen LogP contribution in [0.5, 0.6) is 0 Å². The highest BCUT2D eigenvalue weighted by atomic mass is 32.2. The molecule has 0 aliphatic carbocycles. The predicted octanol–water partition coefficient (Wildman–Crippen LogP) is 2.45. The molecule has 1 aromatic carbocycles. The van der Waals surface area contributed by atoms with Crippen molar-refractivity contribution in [1.29, 1.82) is 0 Å². The average Bonchev–Trinajstić information content (AvgIpc) is 2.46. The fourth-order valence-corrected chi connectivity index (χ4v) is 3.47. The molecular formula is C14H20NO4S. The van der Waals surface area contributed by atoms with Crippen molar-refractivity contribution in [3.63, 3.8) is 0 Å². The van der Waals surface area contributed by atoms with Crippen molar-refractivity contribution in [2.75, 3.05) is 13.1 Å². The number of hydrogen-bond donors (Lipinski definition) is 0. The highest BCUT2D eigenvalue weighted by Crippen LogP contribution is 2.17. The van der Waals surface area contributed by atoms with Crippen LogP contribution in [0, 0.1) is 7.11 Å². The number of rotatable bonds is 7. The van der Waals surface area contributed by atoms with Crippen molar-refractivity contribution in [3.05, 3.63) is 36.9 Å². The molecule has 0 aliphatic rings. The number of nitrogens with zero attached hydrogens (tertiary/aromatic N) is 1. The van der Waals surface area contributed by atoms with Gasteiger partial charge >= 0.3 is 5.97 Å². The number of carbonyl (C=O) groups is 1. The van der Waals surface area contributed by atoms with Crippen LogP contribution in [0.25, 0.3) is 0 Å². The average molecular weight is 298 g/mol. The van der Waals surface area contributed by atoms with Gasteiger partial charge in [-0.05, 0) is 37.1 Å². The van der Waals surface area contributed by atoms with Gasteiger partial charge in [-0.1, -0.05) is 13.8 Å². The second-order valence-corrected chi connectivity index (χ2v) is 6.30. The standard InChI is InChI=1S/C14H20NO4S/c1-4-10-15(11-5-2)20(17,18)13-8-6-12(7-9-13)14(16)19-3/h6-9H,3-5,10-11H2,1-2H3. The largest absolute Gasteiger partial charge is 0.458 e. The topological polar surface area (TPSA) is 63.7 Å². The third-order valence-corrected chi connectivity index (χ3v) is 4.72. The summed E-state index contributed by atoms with van der Waals surface area (Å²) in [7, 11) is -0.475. The van der Waals surface area contributed by atoms with E-state index >= 15 is 0 Å². The van der Waals surface area contributed by atoms with Gasteiger partial charge in [0.1, 0.15) is 7.11 Å². The van der Waals surface area contributed by atoms with Gasteiger partial charge < -0.3 is 4.74 Å². The maximum absolute atomic E-state index is 12.5. The highest BCUT2D eigenvalue weighted by molar-refractivity contribution is 7.89. The molecule has 0 amide bonds. The van der Waals surface area contributed by atoms with Crippen LogP contribution in [0.15, 0.2) is 29.2 Å². The summed E-state index contributed by atoms with van der Waals surface area (Å²) in [5.41, 5.74) is 0.275. The van der Waals surface area contributed by atoms with E-state index < -0.39 is 16.0 Å². The summed E-state index contributed by atoms with van der Waals surface area (Å²) in [6.45, 7) is 4.84. The molecule has 0 aliphatic heterocycles. The molecule has 6 heteroatoms. The smallest absolute Gasteiger partial charge is 0.338 e. The van der Waals surface area contributed by atoms with Crippen molar-refractivity contribution >= 4 is 16.0 Å². The molecule has 0 aromatic heterocycles. The van der Waals surface area contributed by atoms with Gasteiger partial charge in [0.05, 0.1) is 10.5 Å². The van der Waals surface area contributed by atoms with Gasteiger partial charge in [-0.3, -0.25) is 0 Å². The maximum Gasteiger partial charge on any atom is 0.338 e. The number of benzene rings is 1. The van der Waals surface area contributed by atoms with E-state index in [2.05, 4.69) is 11.8 Å². The molecule has 0 atom stereocenters. The van der Waals surface area contributed by atoms with E-state index in [-0.39, 0.29) is 10.5 Å². The van der Waals surface area contributed by atoms with Crippen LogP contribution in [0.1, 0.15) is 37.0 Å². The predicted molar refractivity (Wildman–Crippen MR) is 76.6 cm³/mol.